The van der Waals surface area contributed by atoms with E-state index in [-0.39, 0.29) is 18.0 Å². The van der Waals surface area contributed by atoms with Crippen molar-refractivity contribution in [2.75, 3.05) is 25.5 Å². The molecular formula is C26H44N4O2S. The van der Waals surface area contributed by atoms with Gasteiger partial charge >= 0.3 is 0 Å². The van der Waals surface area contributed by atoms with E-state index >= 15 is 0 Å². The van der Waals surface area contributed by atoms with Crippen LogP contribution in [0.2, 0.25) is 0 Å². The number of carbonyl (C=O) groups is 1. The summed E-state index contributed by atoms with van der Waals surface area (Å²) in [5.41, 5.74) is 4.46. The summed E-state index contributed by atoms with van der Waals surface area (Å²) in [4.78, 5) is 31.0. The minimum Gasteiger partial charge on any atom is -0.368 e. The maximum absolute atomic E-state index is 12.8. The maximum atomic E-state index is 12.8. The number of aromatic amines is 1. The highest BCUT2D eigenvalue weighted by molar-refractivity contribution is 7.12. The van der Waals surface area contributed by atoms with Gasteiger partial charge in [0.2, 0.25) is 0 Å². The zero-order chi connectivity index (χ0) is 25.0. The number of nitrogens with one attached hydrogen (secondary N) is 3. The van der Waals surface area contributed by atoms with Crippen LogP contribution in [-0.4, -0.2) is 37.6 Å². The summed E-state index contributed by atoms with van der Waals surface area (Å²) in [5.74, 6) is -0.104. The molecule has 1 amide bonds. The predicted octanol–water partition coefficient (Wildman–Crippen LogP) is 5.31. The molecule has 186 valence electrons. The number of aryl methyl sites for hydroxylation is 2. The molecule has 0 atom stereocenters. The summed E-state index contributed by atoms with van der Waals surface area (Å²) in [7, 11) is 3.75. The summed E-state index contributed by atoms with van der Waals surface area (Å²) in [6, 6.07) is 2.51. The van der Waals surface area contributed by atoms with Crippen molar-refractivity contribution in [3.63, 3.8) is 0 Å². The van der Waals surface area contributed by atoms with Crippen LogP contribution < -0.4 is 21.1 Å². The highest BCUT2D eigenvalue weighted by Gasteiger charge is 2.24. The molecule has 0 radical (unpaired) electrons. The first-order valence-corrected chi connectivity index (χ1v) is 13.1. The van der Waals surface area contributed by atoms with Crippen molar-refractivity contribution in [2.24, 2.45) is 0 Å². The SMILES string of the molecule is CC.CCN(c1csc(C(=O)NCc2c(C)cc(C)[nH]c2=O)c1C)C1CCCCC1.CNC. The van der Waals surface area contributed by atoms with Crippen molar-refractivity contribution in [1.29, 1.82) is 0 Å². The molecule has 33 heavy (non-hydrogen) atoms. The van der Waals surface area contributed by atoms with Gasteiger partial charge < -0.3 is 20.5 Å². The van der Waals surface area contributed by atoms with Crippen LogP contribution >= 0.6 is 11.3 Å². The highest BCUT2D eigenvalue weighted by atomic mass is 32.1. The highest BCUT2D eigenvalue weighted by Crippen LogP contribution is 2.34. The molecule has 0 bridgehead atoms. The Morgan fingerprint density at radius 3 is 2.30 bits per heavy atom. The second-order valence-electron chi connectivity index (χ2n) is 8.28. The molecule has 1 aliphatic carbocycles. The zero-order valence-corrected chi connectivity index (χ0v) is 22.7. The van der Waals surface area contributed by atoms with Gasteiger partial charge in [-0.05, 0) is 71.8 Å². The number of thiophene rings is 1. The molecule has 2 heterocycles. The van der Waals surface area contributed by atoms with E-state index in [1.54, 1.807) is 0 Å². The summed E-state index contributed by atoms with van der Waals surface area (Å²) >= 11 is 1.50. The van der Waals surface area contributed by atoms with Crippen molar-refractivity contribution in [1.82, 2.24) is 15.6 Å². The first-order chi connectivity index (χ1) is 15.8. The minimum atomic E-state index is -0.129. The quantitative estimate of drug-likeness (QED) is 0.528. The lowest BCUT2D eigenvalue weighted by atomic mass is 9.93. The van der Waals surface area contributed by atoms with Gasteiger partial charge in [0.1, 0.15) is 0 Å². The Bertz CT molecular complexity index is 914. The van der Waals surface area contributed by atoms with Crippen LogP contribution in [-0.2, 0) is 6.54 Å². The summed E-state index contributed by atoms with van der Waals surface area (Å²) in [6.07, 6.45) is 6.40. The van der Waals surface area contributed by atoms with E-state index in [4.69, 9.17) is 0 Å². The second kappa shape index (κ2) is 14.9. The first kappa shape index (κ1) is 28.9. The Morgan fingerprint density at radius 2 is 1.76 bits per heavy atom. The normalized spacial score (nSPS) is 13.3. The van der Waals surface area contributed by atoms with Crippen molar-refractivity contribution >= 4 is 22.9 Å². The number of anilines is 1. The molecular weight excluding hydrogens is 432 g/mol. The second-order valence-corrected chi connectivity index (χ2v) is 9.16. The molecule has 0 aliphatic heterocycles. The molecule has 2 aromatic heterocycles. The summed E-state index contributed by atoms with van der Waals surface area (Å²) in [6.45, 7) is 13.2. The van der Waals surface area contributed by atoms with Gasteiger partial charge in [0, 0.05) is 35.8 Å². The van der Waals surface area contributed by atoms with Crippen LogP contribution in [0.5, 0.6) is 0 Å². The molecule has 3 N–H and O–H groups in total. The molecule has 1 fully saturated rings. The van der Waals surface area contributed by atoms with Crippen LogP contribution in [0.1, 0.15) is 84.9 Å². The van der Waals surface area contributed by atoms with Crippen LogP contribution in [0, 0.1) is 20.8 Å². The fraction of sp³-hybridized carbons (Fsp3) is 0.615. The smallest absolute Gasteiger partial charge is 0.261 e. The third kappa shape index (κ3) is 8.00. The summed E-state index contributed by atoms with van der Waals surface area (Å²) in [5, 5.41) is 7.81. The van der Waals surface area contributed by atoms with E-state index in [1.165, 1.54) is 49.1 Å². The molecule has 3 rings (SSSR count). The van der Waals surface area contributed by atoms with Crippen LogP contribution in [0.3, 0.4) is 0 Å². The van der Waals surface area contributed by atoms with Crippen LogP contribution in [0.4, 0.5) is 5.69 Å². The van der Waals surface area contributed by atoms with Gasteiger partial charge in [-0.1, -0.05) is 33.1 Å². The van der Waals surface area contributed by atoms with Gasteiger partial charge in [0.15, 0.2) is 0 Å². The van der Waals surface area contributed by atoms with Crippen molar-refractivity contribution in [2.45, 2.75) is 86.2 Å². The van der Waals surface area contributed by atoms with Crippen LogP contribution in [0.25, 0.3) is 0 Å². The number of carbonyl (C=O) groups excluding carboxylic acids is 1. The zero-order valence-electron chi connectivity index (χ0n) is 21.9. The monoisotopic (exact) mass is 476 g/mol. The Labute approximate surface area is 204 Å². The topological polar surface area (TPSA) is 77.2 Å². The number of nitrogens with zero attached hydrogens (tertiary/aromatic N) is 1. The standard InChI is InChI=1S/C22H31N3O2S.C2H7N.C2H6/c1-5-25(17-9-7-6-8-10-17)19-13-28-20(16(19)4)22(27)23-12-18-14(2)11-15(3)24-21(18)26;1-3-2;1-2/h11,13,17H,5-10,12H2,1-4H3,(H,23,27)(H,24,26);3H,1-2H3;1-2H3. The fourth-order valence-corrected chi connectivity index (χ4v) is 5.29. The third-order valence-corrected chi connectivity index (χ3v) is 6.87. The third-order valence-electron chi connectivity index (χ3n) is 5.80. The Morgan fingerprint density at radius 1 is 1.15 bits per heavy atom. The summed E-state index contributed by atoms with van der Waals surface area (Å²) < 4.78 is 0. The predicted molar refractivity (Wildman–Crippen MR) is 143 cm³/mol. The molecule has 0 saturated heterocycles. The van der Waals surface area contributed by atoms with E-state index < -0.39 is 0 Å². The number of aromatic nitrogens is 1. The first-order valence-electron chi connectivity index (χ1n) is 12.2. The Kier molecular flexibility index (Phi) is 13.1. The average Bonchev–Trinajstić information content (AvgIpc) is 3.17. The maximum Gasteiger partial charge on any atom is 0.261 e. The van der Waals surface area contributed by atoms with E-state index in [1.807, 2.05) is 54.8 Å². The lowest BCUT2D eigenvalue weighted by Gasteiger charge is -2.35. The number of rotatable bonds is 6. The molecule has 2 aromatic rings. The largest absolute Gasteiger partial charge is 0.368 e. The van der Waals surface area contributed by atoms with Gasteiger partial charge in [-0.2, -0.15) is 0 Å². The Hall–Kier alpha value is -2.12. The molecule has 0 aromatic carbocycles. The number of pyridine rings is 1. The number of hydrogen-bond donors (Lipinski definition) is 3. The number of H-pyrrole nitrogens is 1. The average molecular weight is 477 g/mol. The molecule has 6 nitrogen and oxygen atoms in total. The lowest BCUT2D eigenvalue weighted by Crippen LogP contribution is -2.37. The molecule has 0 spiro atoms. The molecule has 7 heteroatoms. The fourth-order valence-electron chi connectivity index (χ4n) is 4.28. The lowest BCUT2D eigenvalue weighted by molar-refractivity contribution is 0.0954. The minimum absolute atomic E-state index is 0.104. The van der Waals surface area contributed by atoms with Gasteiger partial charge in [-0.15, -0.1) is 11.3 Å². The molecule has 0 unspecified atom stereocenters. The van der Waals surface area contributed by atoms with E-state index in [0.29, 0.717) is 11.6 Å². The van der Waals surface area contributed by atoms with Gasteiger partial charge in [0.05, 0.1) is 10.6 Å². The van der Waals surface area contributed by atoms with Gasteiger partial charge in [-0.3, -0.25) is 9.59 Å². The molecule has 1 saturated carbocycles. The number of amides is 1. The van der Waals surface area contributed by atoms with Crippen molar-refractivity contribution in [3.8, 4) is 0 Å². The number of hydrogen-bond acceptors (Lipinski definition) is 5. The van der Waals surface area contributed by atoms with Crippen LogP contribution in [0.15, 0.2) is 16.2 Å². The van der Waals surface area contributed by atoms with E-state index in [0.717, 1.165) is 28.2 Å². The van der Waals surface area contributed by atoms with E-state index in [2.05, 4.69) is 32.8 Å². The van der Waals surface area contributed by atoms with Gasteiger partial charge in [0.25, 0.3) is 11.5 Å². The van der Waals surface area contributed by atoms with E-state index in [9.17, 15) is 9.59 Å². The van der Waals surface area contributed by atoms with Gasteiger partial charge in [-0.25, -0.2) is 0 Å². The molecule has 1 aliphatic rings. The Balaban J connectivity index is 0.00000101. The van der Waals surface area contributed by atoms with Crippen molar-refractivity contribution in [3.05, 3.63) is 49.1 Å². The van der Waals surface area contributed by atoms with Crippen molar-refractivity contribution < 1.29 is 4.79 Å².